The Balaban J connectivity index is 2.09. The third-order valence-electron chi connectivity index (χ3n) is 6.15. The lowest BCUT2D eigenvalue weighted by Gasteiger charge is -2.34. The monoisotopic (exact) mass is 518 g/mol. The average Bonchev–Trinajstić information content (AvgIpc) is 2.92. The molecule has 4 aromatic carbocycles. The van der Waals surface area contributed by atoms with Crippen molar-refractivity contribution in [3.8, 4) is 0 Å². The second-order valence-corrected chi connectivity index (χ2v) is 14.0. The highest BCUT2D eigenvalue weighted by atomic mass is 31.2. The molecule has 0 radical (unpaired) electrons. The van der Waals surface area contributed by atoms with Gasteiger partial charge in [0, 0.05) is 21.2 Å². The molecule has 8 heteroatoms. The van der Waals surface area contributed by atoms with Gasteiger partial charge >= 0.3 is 11.9 Å². The van der Waals surface area contributed by atoms with Crippen molar-refractivity contribution in [3.05, 3.63) is 121 Å². The van der Waals surface area contributed by atoms with E-state index in [4.69, 9.17) is 0 Å². The fourth-order valence-corrected chi connectivity index (χ4v) is 11.7. The van der Waals surface area contributed by atoms with Gasteiger partial charge in [-0.3, -0.25) is 9.59 Å². The third kappa shape index (κ3) is 4.46. The molecule has 0 aromatic heterocycles. The van der Waals surface area contributed by atoms with Crippen molar-refractivity contribution in [3.63, 3.8) is 0 Å². The molecule has 0 fully saturated rings. The molecule has 36 heavy (non-hydrogen) atoms. The van der Waals surface area contributed by atoms with Gasteiger partial charge in [-0.15, -0.1) is 0 Å². The molecule has 0 saturated heterocycles. The van der Waals surface area contributed by atoms with Crippen LogP contribution in [0.3, 0.4) is 0 Å². The van der Waals surface area contributed by atoms with Gasteiger partial charge in [-0.1, -0.05) is 121 Å². The molecule has 0 bridgehead atoms. The van der Waals surface area contributed by atoms with E-state index >= 15 is 9.13 Å². The normalized spacial score (nSPS) is 13.4. The first-order valence-electron chi connectivity index (χ1n) is 11.2. The van der Waals surface area contributed by atoms with Crippen molar-refractivity contribution in [1.82, 2.24) is 0 Å². The molecular formula is C28H24O6P2. The Labute approximate surface area is 209 Å². The van der Waals surface area contributed by atoms with Gasteiger partial charge in [0.1, 0.15) is 11.3 Å². The smallest absolute Gasteiger partial charge is 0.316 e. The van der Waals surface area contributed by atoms with Crippen LogP contribution >= 0.6 is 14.3 Å². The maximum atomic E-state index is 15.0. The van der Waals surface area contributed by atoms with E-state index in [1.807, 2.05) is 0 Å². The summed E-state index contributed by atoms with van der Waals surface area (Å²) in [5, 5.41) is 21.8. The van der Waals surface area contributed by atoms with Gasteiger partial charge in [-0.05, 0) is 0 Å². The highest BCUT2D eigenvalue weighted by molar-refractivity contribution is 7.84. The lowest BCUT2D eigenvalue weighted by atomic mass is 10.3. The number of carboxylic acid groups (broad SMARTS) is 2. The molecule has 2 N–H and O–H groups in total. The maximum absolute atomic E-state index is 15.0. The number of hydrogen-bond acceptors (Lipinski definition) is 4. The van der Waals surface area contributed by atoms with Gasteiger partial charge in [-0.2, -0.15) is 0 Å². The number of carbonyl (C=O) groups is 2. The number of benzene rings is 4. The minimum Gasteiger partial charge on any atom is -0.481 e. The maximum Gasteiger partial charge on any atom is 0.316 e. The average molecular weight is 518 g/mol. The summed E-state index contributed by atoms with van der Waals surface area (Å²) >= 11 is 0. The van der Waals surface area contributed by atoms with E-state index in [1.54, 1.807) is 72.8 Å². The first kappa shape index (κ1) is 25.4. The lowest BCUT2D eigenvalue weighted by Crippen LogP contribution is -2.47. The van der Waals surface area contributed by atoms with Crippen molar-refractivity contribution < 1.29 is 28.9 Å². The van der Waals surface area contributed by atoms with Crippen LogP contribution in [-0.4, -0.2) is 33.5 Å². The number of hydrogen-bond donors (Lipinski definition) is 2. The van der Waals surface area contributed by atoms with E-state index in [-0.39, 0.29) is 21.2 Å². The van der Waals surface area contributed by atoms with Gasteiger partial charge in [0.2, 0.25) is 0 Å². The van der Waals surface area contributed by atoms with Crippen molar-refractivity contribution >= 4 is 47.4 Å². The molecule has 0 spiro atoms. The SMILES string of the molecule is O=C(O)C(C(C(=O)O)P(=O)(c1ccccc1)c1ccccc1)P(=O)(c1ccccc1)c1ccccc1. The predicted octanol–water partition coefficient (Wildman–Crippen LogP) is 3.92. The molecule has 2 atom stereocenters. The van der Waals surface area contributed by atoms with Crippen LogP contribution in [0, 0.1) is 0 Å². The van der Waals surface area contributed by atoms with Crippen LogP contribution in [0.1, 0.15) is 0 Å². The Morgan fingerprint density at radius 1 is 0.444 bits per heavy atom. The molecule has 4 rings (SSSR count). The van der Waals surface area contributed by atoms with Gasteiger partial charge < -0.3 is 19.3 Å². The van der Waals surface area contributed by atoms with E-state index in [0.29, 0.717) is 0 Å². The molecule has 0 saturated carbocycles. The summed E-state index contributed by atoms with van der Waals surface area (Å²) in [4.78, 5) is 26.0. The fraction of sp³-hybridized carbons (Fsp3) is 0.0714. The van der Waals surface area contributed by atoms with Crippen LogP contribution in [-0.2, 0) is 18.7 Å². The summed E-state index contributed by atoms with van der Waals surface area (Å²) in [5.41, 5.74) is -4.02. The molecule has 6 nitrogen and oxygen atoms in total. The van der Waals surface area contributed by atoms with Crippen LogP contribution in [0.15, 0.2) is 121 Å². The van der Waals surface area contributed by atoms with Gasteiger partial charge in [0.15, 0.2) is 14.3 Å². The van der Waals surface area contributed by atoms with E-state index in [0.717, 1.165) is 0 Å². The fourth-order valence-electron chi connectivity index (χ4n) is 4.52. The zero-order valence-electron chi connectivity index (χ0n) is 19.1. The summed E-state index contributed by atoms with van der Waals surface area (Å²) in [7, 11) is -8.38. The highest BCUT2D eigenvalue weighted by Gasteiger charge is 2.57. The molecule has 0 aliphatic heterocycles. The van der Waals surface area contributed by atoms with Gasteiger partial charge in [-0.25, -0.2) is 0 Å². The predicted molar refractivity (Wildman–Crippen MR) is 142 cm³/mol. The van der Waals surface area contributed by atoms with E-state index < -0.39 is 37.5 Å². The molecule has 2 unspecified atom stereocenters. The first-order chi connectivity index (χ1) is 17.3. The number of carboxylic acids is 2. The quantitative estimate of drug-likeness (QED) is 0.325. The van der Waals surface area contributed by atoms with Crippen molar-refractivity contribution in [2.24, 2.45) is 0 Å². The summed E-state index contributed by atoms with van der Waals surface area (Å²) in [5.74, 6) is -3.18. The Morgan fingerprint density at radius 3 is 0.806 bits per heavy atom. The van der Waals surface area contributed by atoms with E-state index in [2.05, 4.69) is 0 Å². The summed E-state index contributed by atoms with van der Waals surface area (Å²) < 4.78 is 30.1. The number of aliphatic carboxylic acids is 2. The van der Waals surface area contributed by atoms with E-state index in [9.17, 15) is 19.8 Å². The third-order valence-corrected chi connectivity index (χ3v) is 13.2. The first-order valence-corrected chi connectivity index (χ1v) is 14.7. The number of rotatable bonds is 9. The highest BCUT2D eigenvalue weighted by Crippen LogP contribution is 2.60. The van der Waals surface area contributed by atoms with Crippen LogP contribution in [0.25, 0.3) is 0 Å². The minimum absolute atomic E-state index is 0.183. The lowest BCUT2D eigenvalue weighted by molar-refractivity contribution is -0.142. The molecule has 4 aromatic rings. The van der Waals surface area contributed by atoms with Crippen molar-refractivity contribution in [1.29, 1.82) is 0 Å². The topological polar surface area (TPSA) is 109 Å². The van der Waals surface area contributed by atoms with Crippen molar-refractivity contribution in [2.45, 2.75) is 11.3 Å². The molecule has 0 aliphatic rings. The largest absolute Gasteiger partial charge is 0.481 e. The standard InChI is InChI=1S/C28H24O6P2/c29-27(30)25(35(33,21-13-5-1-6-14-21)22-15-7-2-8-16-22)26(28(31)32)36(34,23-17-9-3-10-18-23)24-19-11-4-12-20-24/h1-20,25-26H,(H,29,30)(H,31,32). The zero-order chi connectivity index (χ0) is 25.8. The molecular weight excluding hydrogens is 494 g/mol. The van der Waals surface area contributed by atoms with Gasteiger partial charge in [0.25, 0.3) is 0 Å². The van der Waals surface area contributed by atoms with Crippen LogP contribution in [0.4, 0.5) is 0 Å². The van der Waals surface area contributed by atoms with Crippen LogP contribution in [0.5, 0.6) is 0 Å². The summed E-state index contributed by atoms with van der Waals surface area (Å²) in [6.45, 7) is 0. The second kappa shape index (κ2) is 10.5. The molecule has 182 valence electrons. The Kier molecular flexibility index (Phi) is 7.40. The zero-order valence-corrected chi connectivity index (χ0v) is 20.9. The van der Waals surface area contributed by atoms with Gasteiger partial charge in [0.05, 0.1) is 0 Å². The summed E-state index contributed by atoms with van der Waals surface area (Å²) in [6, 6.07) is 31.9. The second-order valence-electron chi connectivity index (χ2n) is 8.22. The van der Waals surface area contributed by atoms with Crippen LogP contribution < -0.4 is 21.2 Å². The summed E-state index contributed by atoms with van der Waals surface area (Å²) in [6.07, 6.45) is 0. The van der Waals surface area contributed by atoms with Crippen LogP contribution in [0.2, 0.25) is 0 Å². The van der Waals surface area contributed by atoms with E-state index in [1.165, 1.54) is 48.5 Å². The molecule has 0 heterocycles. The Morgan fingerprint density at radius 2 is 0.639 bits per heavy atom. The molecule has 0 amide bonds. The Hall–Kier alpha value is -3.72. The Bertz CT molecular complexity index is 1240. The minimum atomic E-state index is -4.19. The molecule has 0 aliphatic carbocycles. The van der Waals surface area contributed by atoms with Crippen molar-refractivity contribution in [2.75, 3.05) is 0 Å².